The van der Waals surface area contributed by atoms with Crippen molar-refractivity contribution in [1.82, 2.24) is 9.29 Å². The number of hydrogen-bond donors (Lipinski definition) is 2. The van der Waals surface area contributed by atoms with E-state index in [9.17, 15) is 18.0 Å². The maximum Gasteiger partial charge on any atom is 0.264 e. The molecule has 0 aliphatic carbocycles. The van der Waals surface area contributed by atoms with Crippen molar-refractivity contribution in [3.63, 3.8) is 0 Å². The summed E-state index contributed by atoms with van der Waals surface area (Å²) in [5.41, 5.74) is 1.28. The fraction of sp³-hybridized carbons (Fsp3) is 0.111. The van der Waals surface area contributed by atoms with Gasteiger partial charge in [0.25, 0.3) is 10.0 Å². The molecule has 0 bridgehead atoms. The van der Waals surface area contributed by atoms with E-state index in [0.29, 0.717) is 10.7 Å². The number of hydrogen-bond acceptors (Lipinski definition) is 4. The van der Waals surface area contributed by atoms with Gasteiger partial charge >= 0.3 is 0 Å². The average molecular weight is 406 g/mol. The quantitative estimate of drug-likeness (QED) is 0.682. The van der Waals surface area contributed by atoms with Crippen molar-refractivity contribution in [2.24, 2.45) is 0 Å². The molecule has 0 aliphatic heterocycles. The summed E-state index contributed by atoms with van der Waals surface area (Å²) < 4.78 is 27.5. The molecule has 0 atom stereocenters. The Morgan fingerprint density at radius 1 is 1.07 bits per heavy atom. The third-order valence-electron chi connectivity index (χ3n) is 3.80. The average Bonchev–Trinajstić information content (AvgIpc) is 2.98. The molecule has 9 heteroatoms. The monoisotopic (exact) mass is 405 g/mol. The Bertz CT molecular complexity index is 1120. The third kappa shape index (κ3) is 4.29. The van der Waals surface area contributed by atoms with Crippen LogP contribution in [0.15, 0.2) is 59.6 Å². The van der Waals surface area contributed by atoms with Crippen LogP contribution in [0.2, 0.25) is 5.02 Å². The van der Waals surface area contributed by atoms with Crippen LogP contribution in [0, 0.1) is 0 Å². The number of anilines is 1. The Morgan fingerprint density at radius 3 is 2.44 bits per heavy atom. The first kappa shape index (κ1) is 18.9. The lowest BCUT2D eigenvalue weighted by atomic mass is 10.2. The first-order valence-corrected chi connectivity index (χ1v) is 9.79. The van der Waals surface area contributed by atoms with Gasteiger partial charge in [-0.1, -0.05) is 17.7 Å². The van der Waals surface area contributed by atoms with E-state index in [-0.39, 0.29) is 17.3 Å². The normalized spacial score (nSPS) is 11.3. The molecule has 0 spiro atoms. The van der Waals surface area contributed by atoms with Crippen LogP contribution in [0.5, 0.6) is 0 Å². The second-order valence-electron chi connectivity index (χ2n) is 5.85. The van der Waals surface area contributed by atoms with Gasteiger partial charge in [0.05, 0.1) is 4.90 Å². The van der Waals surface area contributed by atoms with Crippen molar-refractivity contribution < 1.29 is 18.0 Å². The van der Waals surface area contributed by atoms with Gasteiger partial charge in [-0.25, -0.2) is 13.1 Å². The second-order valence-corrected chi connectivity index (χ2v) is 7.94. The van der Waals surface area contributed by atoms with Gasteiger partial charge in [-0.3, -0.25) is 9.59 Å². The molecule has 2 aromatic carbocycles. The van der Waals surface area contributed by atoms with Crippen LogP contribution in [-0.2, 0) is 26.2 Å². The van der Waals surface area contributed by atoms with Crippen LogP contribution in [0.25, 0.3) is 10.9 Å². The smallest absolute Gasteiger partial charge is 0.264 e. The van der Waals surface area contributed by atoms with Gasteiger partial charge in [0, 0.05) is 34.7 Å². The SMILES string of the molecule is CC(=O)NS(=O)(=O)c1ccc(NC(=O)Cn2ccc3c(Cl)cccc32)cc1. The van der Waals surface area contributed by atoms with Crippen molar-refractivity contribution >= 4 is 50.0 Å². The summed E-state index contributed by atoms with van der Waals surface area (Å²) in [6.45, 7) is 1.19. The van der Waals surface area contributed by atoms with E-state index in [2.05, 4.69) is 5.32 Å². The number of sulfonamides is 1. The van der Waals surface area contributed by atoms with Crippen LogP contribution in [-0.4, -0.2) is 24.8 Å². The fourth-order valence-corrected chi connectivity index (χ4v) is 3.87. The molecule has 3 aromatic rings. The highest BCUT2D eigenvalue weighted by molar-refractivity contribution is 7.90. The number of fused-ring (bicyclic) bond motifs is 1. The molecule has 140 valence electrons. The molecule has 2 N–H and O–H groups in total. The number of nitrogens with zero attached hydrogens (tertiary/aromatic N) is 1. The van der Waals surface area contributed by atoms with E-state index >= 15 is 0 Å². The van der Waals surface area contributed by atoms with Crippen LogP contribution < -0.4 is 10.0 Å². The van der Waals surface area contributed by atoms with E-state index in [4.69, 9.17) is 11.6 Å². The first-order chi connectivity index (χ1) is 12.8. The predicted octanol–water partition coefficient (Wildman–Crippen LogP) is 2.76. The highest BCUT2D eigenvalue weighted by atomic mass is 35.5. The molecule has 3 rings (SSSR count). The van der Waals surface area contributed by atoms with E-state index in [1.807, 2.05) is 22.9 Å². The van der Waals surface area contributed by atoms with E-state index < -0.39 is 15.9 Å². The highest BCUT2D eigenvalue weighted by Gasteiger charge is 2.15. The number of rotatable bonds is 5. The summed E-state index contributed by atoms with van der Waals surface area (Å²) in [6, 6.07) is 12.8. The molecule has 2 amide bonds. The molecule has 1 aromatic heterocycles. The maximum absolute atomic E-state index is 12.3. The molecule has 27 heavy (non-hydrogen) atoms. The lowest BCUT2D eigenvalue weighted by Gasteiger charge is -2.09. The van der Waals surface area contributed by atoms with Crippen LogP contribution >= 0.6 is 11.6 Å². The van der Waals surface area contributed by atoms with Crippen LogP contribution in [0.3, 0.4) is 0 Å². The summed E-state index contributed by atoms with van der Waals surface area (Å²) >= 11 is 6.13. The zero-order valence-electron chi connectivity index (χ0n) is 14.3. The molecular formula is C18H16ClN3O4S. The van der Waals surface area contributed by atoms with Gasteiger partial charge in [-0.15, -0.1) is 0 Å². The molecule has 0 unspecified atom stereocenters. The van der Waals surface area contributed by atoms with Gasteiger partial charge in [0.2, 0.25) is 11.8 Å². The third-order valence-corrected chi connectivity index (χ3v) is 5.58. The molecule has 0 radical (unpaired) electrons. The van der Waals surface area contributed by atoms with Gasteiger partial charge in [-0.05, 0) is 42.5 Å². The van der Waals surface area contributed by atoms with Crippen molar-refractivity contribution in [1.29, 1.82) is 0 Å². The van der Waals surface area contributed by atoms with Gasteiger partial charge < -0.3 is 9.88 Å². The number of carbonyl (C=O) groups excluding carboxylic acids is 2. The molecule has 0 aliphatic rings. The molecular weight excluding hydrogens is 390 g/mol. The first-order valence-electron chi connectivity index (χ1n) is 7.93. The van der Waals surface area contributed by atoms with Crippen molar-refractivity contribution in [2.45, 2.75) is 18.4 Å². The Morgan fingerprint density at radius 2 is 1.78 bits per heavy atom. The number of benzene rings is 2. The minimum absolute atomic E-state index is 0.0678. The topological polar surface area (TPSA) is 97.3 Å². The Hall–Kier alpha value is -2.84. The summed E-state index contributed by atoms with van der Waals surface area (Å²) in [4.78, 5) is 23.2. The Labute approximate surface area is 161 Å². The zero-order chi connectivity index (χ0) is 19.6. The maximum atomic E-state index is 12.3. The fourth-order valence-electron chi connectivity index (χ4n) is 2.64. The number of nitrogens with one attached hydrogen (secondary N) is 2. The number of carbonyl (C=O) groups is 2. The minimum atomic E-state index is -3.90. The van der Waals surface area contributed by atoms with Crippen molar-refractivity contribution in [3.8, 4) is 0 Å². The van der Waals surface area contributed by atoms with E-state index in [1.54, 1.807) is 16.8 Å². The standard InChI is InChI=1S/C18H16ClN3O4S/c1-12(23)21-27(25,26)14-7-5-13(6-8-14)20-18(24)11-22-10-9-15-16(19)3-2-4-17(15)22/h2-10H,11H2,1H3,(H,20,24)(H,21,23). The second kappa shape index (κ2) is 7.42. The minimum Gasteiger partial charge on any atom is -0.338 e. The Balaban J connectivity index is 1.71. The molecule has 0 fully saturated rings. The summed E-state index contributed by atoms with van der Waals surface area (Å²) in [5.74, 6) is -0.948. The molecule has 7 nitrogen and oxygen atoms in total. The predicted molar refractivity (Wildman–Crippen MR) is 103 cm³/mol. The van der Waals surface area contributed by atoms with Crippen LogP contribution in [0.1, 0.15) is 6.92 Å². The lowest BCUT2D eigenvalue weighted by molar-refractivity contribution is -0.117. The van der Waals surface area contributed by atoms with Crippen LogP contribution in [0.4, 0.5) is 5.69 Å². The van der Waals surface area contributed by atoms with Crippen molar-refractivity contribution in [2.75, 3.05) is 5.32 Å². The lowest BCUT2D eigenvalue weighted by Crippen LogP contribution is -2.28. The summed E-state index contributed by atoms with van der Waals surface area (Å²) in [6.07, 6.45) is 1.78. The molecule has 0 saturated heterocycles. The van der Waals surface area contributed by atoms with E-state index in [0.717, 1.165) is 17.8 Å². The zero-order valence-corrected chi connectivity index (χ0v) is 15.8. The highest BCUT2D eigenvalue weighted by Crippen LogP contribution is 2.24. The summed E-state index contributed by atoms with van der Waals surface area (Å²) in [5, 5.41) is 4.18. The van der Waals surface area contributed by atoms with Gasteiger partial charge in [0.1, 0.15) is 6.54 Å². The van der Waals surface area contributed by atoms with E-state index in [1.165, 1.54) is 24.3 Å². The number of halogens is 1. The Kier molecular flexibility index (Phi) is 5.20. The number of aromatic nitrogens is 1. The molecule has 0 saturated carbocycles. The number of amides is 2. The summed E-state index contributed by atoms with van der Waals surface area (Å²) in [7, 11) is -3.90. The van der Waals surface area contributed by atoms with Crippen molar-refractivity contribution in [3.05, 3.63) is 59.8 Å². The largest absolute Gasteiger partial charge is 0.338 e. The van der Waals surface area contributed by atoms with Gasteiger partial charge in [0.15, 0.2) is 0 Å². The van der Waals surface area contributed by atoms with Gasteiger partial charge in [-0.2, -0.15) is 0 Å². The molecule has 1 heterocycles.